The Morgan fingerprint density at radius 2 is 2.14 bits per heavy atom. The minimum absolute atomic E-state index is 0.0842. The van der Waals surface area contributed by atoms with Crippen molar-refractivity contribution in [3.8, 4) is 5.75 Å². The van der Waals surface area contributed by atoms with Gasteiger partial charge in [0.05, 0.1) is 0 Å². The second kappa shape index (κ2) is 9.22. The van der Waals surface area contributed by atoms with Crippen molar-refractivity contribution in [1.29, 1.82) is 0 Å². The summed E-state index contributed by atoms with van der Waals surface area (Å²) in [7, 11) is 0. The Morgan fingerprint density at radius 3 is 2.82 bits per heavy atom. The number of benzene rings is 1. The molecular formula is C16H18BrNO2S2. The summed E-state index contributed by atoms with van der Waals surface area (Å²) in [6.45, 7) is 2.41. The van der Waals surface area contributed by atoms with E-state index in [9.17, 15) is 4.79 Å². The van der Waals surface area contributed by atoms with E-state index >= 15 is 0 Å². The van der Waals surface area contributed by atoms with Crippen molar-refractivity contribution in [3.63, 3.8) is 0 Å². The lowest BCUT2D eigenvalue weighted by molar-refractivity contribution is -0.127. The van der Waals surface area contributed by atoms with E-state index in [1.165, 1.54) is 5.56 Å². The third-order valence-corrected chi connectivity index (χ3v) is 5.18. The fraction of sp³-hybridized carbons (Fsp3) is 0.312. The highest BCUT2D eigenvalue weighted by Crippen LogP contribution is 2.17. The van der Waals surface area contributed by atoms with Gasteiger partial charge in [-0.05, 0) is 53.6 Å². The Kier molecular flexibility index (Phi) is 7.29. The summed E-state index contributed by atoms with van der Waals surface area (Å²) in [5.41, 5.74) is 1.34. The molecule has 1 heterocycles. The molecule has 0 aliphatic carbocycles. The number of halogens is 1. The van der Waals surface area contributed by atoms with Crippen molar-refractivity contribution in [2.75, 3.05) is 12.3 Å². The Morgan fingerprint density at radius 1 is 1.36 bits per heavy atom. The summed E-state index contributed by atoms with van der Waals surface area (Å²) in [4.78, 5) is 12.0. The van der Waals surface area contributed by atoms with Gasteiger partial charge in [0.15, 0.2) is 6.10 Å². The number of carbonyl (C=O) groups excluding carboxylic acids is 1. The Hall–Kier alpha value is -0.980. The standard InChI is InChI=1S/C16H18BrNO2S2/c1-12(20-15-4-2-14(17)3-5-15)16(19)18-7-9-22-11-13-6-8-21-10-13/h2-6,8,10,12H,7,9,11H2,1H3,(H,18,19)/t12-/m1/s1. The third-order valence-electron chi connectivity index (χ3n) is 2.89. The summed E-state index contributed by atoms with van der Waals surface area (Å²) in [6.07, 6.45) is -0.497. The van der Waals surface area contributed by atoms with E-state index in [0.717, 1.165) is 16.0 Å². The molecule has 0 aliphatic rings. The molecule has 0 fully saturated rings. The summed E-state index contributed by atoms with van der Waals surface area (Å²) in [6, 6.07) is 9.58. The predicted octanol–water partition coefficient (Wildman–Crippen LogP) is 4.33. The molecule has 6 heteroatoms. The smallest absolute Gasteiger partial charge is 0.260 e. The molecule has 0 saturated carbocycles. The molecule has 2 rings (SSSR count). The summed E-state index contributed by atoms with van der Waals surface area (Å²) in [5, 5.41) is 7.14. The van der Waals surface area contributed by atoms with Crippen molar-refractivity contribution in [2.24, 2.45) is 0 Å². The first-order valence-electron chi connectivity index (χ1n) is 6.94. The van der Waals surface area contributed by atoms with Gasteiger partial charge in [0.1, 0.15) is 5.75 Å². The van der Waals surface area contributed by atoms with E-state index in [2.05, 4.69) is 38.1 Å². The fourth-order valence-corrected chi connectivity index (χ4v) is 3.57. The Balaban J connectivity index is 1.62. The van der Waals surface area contributed by atoms with Gasteiger partial charge in [0.2, 0.25) is 0 Å². The molecule has 1 aromatic carbocycles. The van der Waals surface area contributed by atoms with Crippen LogP contribution in [-0.4, -0.2) is 24.3 Å². The predicted molar refractivity (Wildman–Crippen MR) is 97.7 cm³/mol. The van der Waals surface area contributed by atoms with Gasteiger partial charge in [-0.2, -0.15) is 23.1 Å². The Labute approximate surface area is 147 Å². The highest BCUT2D eigenvalue weighted by atomic mass is 79.9. The van der Waals surface area contributed by atoms with Gasteiger partial charge < -0.3 is 10.1 Å². The minimum atomic E-state index is -0.497. The molecular weight excluding hydrogens is 382 g/mol. The number of ether oxygens (including phenoxy) is 1. The minimum Gasteiger partial charge on any atom is -0.481 e. The van der Waals surface area contributed by atoms with Crippen LogP contribution in [0, 0.1) is 0 Å². The van der Waals surface area contributed by atoms with Crippen LogP contribution in [0.5, 0.6) is 5.75 Å². The Bertz CT molecular complexity index is 572. The SMILES string of the molecule is C[C@@H](Oc1ccc(Br)cc1)C(=O)NCCSCc1ccsc1. The molecule has 0 saturated heterocycles. The molecule has 0 unspecified atom stereocenters. The van der Waals surface area contributed by atoms with Crippen LogP contribution in [0.4, 0.5) is 0 Å². The molecule has 0 bridgehead atoms. The van der Waals surface area contributed by atoms with E-state index in [-0.39, 0.29) is 5.91 Å². The lowest BCUT2D eigenvalue weighted by Gasteiger charge is -2.14. The van der Waals surface area contributed by atoms with Crippen molar-refractivity contribution in [3.05, 3.63) is 51.1 Å². The number of hydrogen-bond donors (Lipinski definition) is 1. The fourth-order valence-electron chi connectivity index (χ4n) is 1.73. The maximum absolute atomic E-state index is 12.0. The molecule has 1 atom stereocenters. The van der Waals surface area contributed by atoms with Crippen LogP contribution < -0.4 is 10.1 Å². The second-order valence-corrected chi connectivity index (χ2v) is 7.49. The van der Waals surface area contributed by atoms with Gasteiger partial charge >= 0.3 is 0 Å². The molecule has 1 amide bonds. The molecule has 2 aromatic rings. The number of nitrogens with one attached hydrogen (secondary N) is 1. The van der Waals surface area contributed by atoms with E-state index in [1.807, 2.05) is 36.0 Å². The molecule has 0 spiro atoms. The number of thioether (sulfide) groups is 1. The number of hydrogen-bond acceptors (Lipinski definition) is 4. The first-order chi connectivity index (χ1) is 10.6. The molecule has 0 radical (unpaired) electrons. The first-order valence-corrected chi connectivity index (χ1v) is 9.83. The zero-order chi connectivity index (χ0) is 15.8. The van der Waals surface area contributed by atoms with Gasteiger partial charge in [-0.25, -0.2) is 0 Å². The van der Waals surface area contributed by atoms with Crippen LogP contribution >= 0.6 is 39.0 Å². The maximum Gasteiger partial charge on any atom is 0.260 e. The van der Waals surface area contributed by atoms with E-state index in [1.54, 1.807) is 18.3 Å². The normalized spacial score (nSPS) is 11.9. The molecule has 0 aliphatic heterocycles. The highest BCUT2D eigenvalue weighted by Gasteiger charge is 2.13. The number of amides is 1. The monoisotopic (exact) mass is 399 g/mol. The summed E-state index contributed by atoms with van der Waals surface area (Å²) < 4.78 is 6.59. The van der Waals surface area contributed by atoms with Gasteiger partial charge in [-0.15, -0.1) is 0 Å². The van der Waals surface area contributed by atoms with Gasteiger partial charge in [-0.3, -0.25) is 4.79 Å². The van der Waals surface area contributed by atoms with Gasteiger partial charge in [-0.1, -0.05) is 15.9 Å². The number of thiophene rings is 1. The summed E-state index contributed by atoms with van der Waals surface area (Å²) in [5.74, 6) is 2.49. The van der Waals surface area contributed by atoms with Gasteiger partial charge in [0, 0.05) is 22.5 Å². The molecule has 1 aromatic heterocycles. The zero-order valence-electron chi connectivity index (χ0n) is 12.3. The molecule has 118 valence electrons. The average Bonchev–Trinajstić information content (AvgIpc) is 3.02. The average molecular weight is 400 g/mol. The van der Waals surface area contributed by atoms with E-state index in [4.69, 9.17) is 4.74 Å². The highest BCUT2D eigenvalue weighted by molar-refractivity contribution is 9.10. The summed E-state index contributed by atoms with van der Waals surface area (Å²) >= 11 is 6.89. The van der Waals surface area contributed by atoms with E-state index in [0.29, 0.717) is 12.3 Å². The largest absolute Gasteiger partial charge is 0.481 e. The molecule has 1 N–H and O–H groups in total. The van der Waals surface area contributed by atoms with Crippen molar-refractivity contribution < 1.29 is 9.53 Å². The van der Waals surface area contributed by atoms with Crippen molar-refractivity contribution in [1.82, 2.24) is 5.32 Å². The first kappa shape index (κ1) is 17.4. The third kappa shape index (κ3) is 6.02. The van der Waals surface area contributed by atoms with Crippen LogP contribution in [0.2, 0.25) is 0 Å². The van der Waals surface area contributed by atoms with Crippen LogP contribution in [0.25, 0.3) is 0 Å². The lowest BCUT2D eigenvalue weighted by atomic mass is 10.3. The topological polar surface area (TPSA) is 38.3 Å². The van der Waals surface area contributed by atoms with Crippen molar-refractivity contribution >= 4 is 44.9 Å². The molecule has 3 nitrogen and oxygen atoms in total. The van der Waals surface area contributed by atoms with Gasteiger partial charge in [0.25, 0.3) is 5.91 Å². The quantitative estimate of drug-likeness (QED) is 0.671. The number of rotatable bonds is 8. The zero-order valence-corrected chi connectivity index (χ0v) is 15.5. The van der Waals surface area contributed by atoms with Crippen LogP contribution in [-0.2, 0) is 10.5 Å². The van der Waals surface area contributed by atoms with E-state index < -0.39 is 6.10 Å². The van der Waals surface area contributed by atoms with Crippen molar-refractivity contribution in [2.45, 2.75) is 18.8 Å². The second-order valence-electron chi connectivity index (χ2n) is 4.69. The molecule has 22 heavy (non-hydrogen) atoms. The van der Waals surface area contributed by atoms with Crippen LogP contribution in [0.1, 0.15) is 12.5 Å². The van der Waals surface area contributed by atoms with Crippen LogP contribution in [0.15, 0.2) is 45.6 Å². The number of carbonyl (C=O) groups is 1. The lowest BCUT2D eigenvalue weighted by Crippen LogP contribution is -2.37. The maximum atomic E-state index is 12.0. The van der Waals surface area contributed by atoms with Crippen LogP contribution in [0.3, 0.4) is 0 Å².